The third kappa shape index (κ3) is 6.21. The maximum Gasteiger partial charge on any atom is 0.251 e. The molecule has 0 spiro atoms. The molecule has 0 fully saturated rings. The Kier molecular flexibility index (Phi) is 7.78. The van der Waals surface area contributed by atoms with Crippen molar-refractivity contribution >= 4 is 15.9 Å². The van der Waals surface area contributed by atoms with Gasteiger partial charge in [-0.25, -0.2) is 13.1 Å². The number of nitrogens with one attached hydrogen (secondary N) is 2. The van der Waals surface area contributed by atoms with Crippen molar-refractivity contribution < 1.29 is 17.9 Å². The lowest BCUT2D eigenvalue weighted by Crippen LogP contribution is -2.33. The first-order valence-corrected chi connectivity index (χ1v) is 10.5. The number of hydrogen-bond donors (Lipinski definition) is 2. The highest BCUT2D eigenvalue weighted by molar-refractivity contribution is 7.89. The van der Waals surface area contributed by atoms with E-state index in [1.807, 2.05) is 31.2 Å². The van der Waals surface area contributed by atoms with E-state index < -0.39 is 10.0 Å². The van der Waals surface area contributed by atoms with Gasteiger partial charge in [-0.3, -0.25) is 4.79 Å². The van der Waals surface area contributed by atoms with E-state index >= 15 is 0 Å². The van der Waals surface area contributed by atoms with Crippen LogP contribution in [0.15, 0.2) is 66.1 Å². The van der Waals surface area contributed by atoms with E-state index in [2.05, 4.69) is 16.6 Å². The molecule has 150 valence electrons. The van der Waals surface area contributed by atoms with Crippen molar-refractivity contribution in [1.29, 1.82) is 0 Å². The molecular formula is C21H26N2O4S. The van der Waals surface area contributed by atoms with Crippen molar-refractivity contribution in [3.05, 3.63) is 72.3 Å². The molecule has 2 aromatic carbocycles. The fourth-order valence-electron chi connectivity index (χ4n) is 2.61. The van der Waals surface area contributed by atoms with E-state index in [1.165, 1.54) is 18.2 Å². The first-order valence-electron chi connectivity index (χ1n) is 9.00. The van der Waals surface area contributed by atoms with Crippen LogP contribution in [0.3, 0.4) is 0 Å². The highest BCUT2D eigenvalue weighted by atomic mass is 32.2. The lowest BCUT2D eigenvalue weighted by atomic mass is 10.1. The Morgan fingerprint density at radius 2 is 1.93 bits per heavy atom. The van der Waals surface area contributed by atoms with Gasteiger partial charge in [-0.1, -0.05) is 24.3 Å². The Hall–Kier alpha value is -2.64. The van der Waals surface area contributed by atoms with Crippen molar-refractivity contribution in [2.75, 3.05) is 13.7 Å². The lowest BCUT2D eigenvalue weighted by Gasteiger charge is -2.14. The minimum atomic E-state index is -3.67. The van der Waals surface area contributed by atoms with Gasteiger partial charge in [0.15, 0.2) is 0 Å². The van der Waals surface area contributed by atoms with Gasteiger partial charge in [-0.2, -0.15) is 0 Å². The van der Waals surface area contributed by atoms with Gasteiger partial charge in [-0.15, -0.1) is 6.58 Å². The molecule has 6 nitrogen and oxygen atoms in total. The zero-order valence-corrected chi connectivity index (χ0v) is 17.0. The predicted octanol–water partition coefficient (Wildman–Crippen LogP) is 2.91. The average molecular weight is 403 g/mol. The quantitative estimate of drug-likeness (QED) is 0.599. The van der Waals surface area contributed by atoms with Gasteiger partial charge in [-0.05, 0) is 55.7 Å². The van der Waals surface area contributed by atoms with Gasteiger partial charge in [0.1, 0.15) is 5.75 Å². The Labute approximate surface area is 166 Å². The van der Waals surface area contributed by atoms with Crippen LogP contribution in [0.1, 0.15) is 29.3 Å². The van der Waals surface area contributed by atoms with Crippen molar-refractivity contribution in [2.45, 2.75) is 30.7 Å². The van der Waals surface area contributed by atoms with Crippen molar-refractivity contribution in [2.24, 2.45) is 0 Å². The van der Waals surface area contributed by atoms with E-state index in [0.29, 0.717) is 5.56 Å². The summed E-state index contributed by atoms with van der Waals surface area (Å²) >= 11 is 0. The first-order chi connectivity index (χ1) is 13.4. The standard InChI is InChI=1S/C21H26N2O4S/c1-4-14-22-28(25,26)20-7-5-6-18(15-20)21(24)23-16(2)8-9-17-10-12-19(27-3)13-11-17/h4-7,10-13,15-16,22H,1,8-9,14H2,2-3H3,(H,23,24). The molecule has 7 heteroatoms. The summed E-state index contributed by atoms with van der Waals surface area (Å²) < 4.78 is 31.9. The summed E-state index contributed by atoms with van der Waals surface area (Å²) in [5.41, 5.74) is 1.46. The maximum atomic E-state index is 12.5. The fourth-order valence-corrected chi connectivity index (χ4v) is 3.65. The van der Waals surface area contributed by atoms with Crippen LogP contribution in [0.25, 0.3) is 0 Å². The van der Waals surface area contributed by atoms with Crippen molar-refractivity contribution in [3.8, 4) is 5.75 Å². The second-order valence-corrected chi connectivity index (χ2v) is 8.20. The Balaban J connectivity index is 1.96. The molecule has 0 heterocycles. The first kappa shape index (κ1) is 21.7. The van der Waals surface area contributed by atoms with E-state index in [-0.39, 0.29) is 23.4 Å². The number of hydrogen-bond acceptors (Lipinski definition) is 4. The summed E-state index contributed by atoms with van der Waals surface area (Å²) in [5.74, 6) is 0.505. The van der Waals surface area contributed by atoms with Gasteiger partial charge in [0.25, 0.3) is 5.91 Å². The Morgan fingerprint density at radius 3 is 2.57 bits per heavy atom. The summed E-state index contributed by atoms with van der Waals surface area (Å²) in [5, 5.41) is 2.92. The van der Waals surface area contributed by atoms with Gasteiger partial charge < -0.3 is 10.1 Å². The number of ether oxygens (including phenoxy) is 1. The number of carbonyl (C=O) groups excluding carboxylic acids is 1. The summed E-state index contributed by atoms with van der Waals surface area (Å²) in [6, 6.07) is 13.7. The molecule has 2 N–H and O–H groups in total. The highest BCUT2D eigenvalue weighted by Gasteiger charge is 2.16. The smallest absolute Gasteiger partial charge is 0.251 e. The molecule has 0 aliphatic rings. The van der Waals surface area contributed by atoms with Crippen LogP contribution in [-0.4, -0.2) is 34.0 Å². The zero-order chi connectivity index (χ0) is 20.6. The molecule has 0 radical (unpaired) electrons. The molecule has 1 unspecified atom stereocenters. The molecular weight excluding hydrogens is 376 g/mol. The molecule has 0 saturated carbocycles. The number of methoxy groups -OCH3 is 1. The summed E-state index contributed by atoms with van der Waals surface area (Å²) in [4.78, 5) is 12.5. The highest BCUT2D eigenvalue weighted by Crippen LogP contribution is 2.14. The maximum absolute atomic E-state index is 12.5. The molecule has 1 atom stereocenters. The van der Waals surface area contributed by atoms with Crippen molar-refractivity contribution in [1.82, 2.24) is 10.0 Å². The minimum Gasteiger partial charge on any atom is -0.497 e. The lowest BCUT2D eigenvalue weighted by molar-refractivity contribution is 0.0938. The number of amides is 1. The topological polar surface area (TPSA) is 84.5 Å². The van der Waals surface area contributed by atoms with E-state index in [0.717, 1.165) is 24.2 Å². The fraction of sp³-hybridized carbons (Fsp3) is 0.286. The second-order valence-electron chi connectivity index (χ2n) is 6.43. The molecule has 2 aromatic rings. The number of carbonyl (C=O) groups is 1. The Morgan fingerprint density at radius 1 is 1.21 bits per heavy atom. The van der Waals surface area contributed by atoms with Crippen LogP contribution in [0.4, 0.5) is 0 Å². The minimum absolute atomic E-state index is 0.0490. The molecule has 28 heavy (non-hydrogen) atoms. The Bertz CT molecular complexity index is 908. The van der Waals surface area contributed by atoms with E-state index in [4.69, 9.17) is 4.74 Å². The van der Waals surface area contributed by atoms with Crippen molar-refractivity contribution in [3.63, 3.8) is 0 Å². The number of rotatable bonds is 10. The van der Waals surface area contributed by atoms with Crippen LogP contribution >= 0.6 is 0 Å². The third-order valence-electron chi connectivity index (χ3n) is 4.23. The molecule has 0 aromatic heterocycles. The molecule has 2 rings (SSSR count). The van der Waals surface area contributed by atoms with Crippen LogP contribution in [0.2, 0.25) is 0 Å². The van der Waals surface area contributed by atoms with Crippen LogP contribution in [0, 0.1) is 0 Å². The monoisotopic (exact) mass is 402 g/mol. The molecule has 0 aliphatic heterocycles. The number of aryl methyl sites for hydroxylation is 1. The molecule has 0 bridgehead atoms. The SMILES string of the molecule is C=CCNS(=O)(=O)c1cccc(C(=O)NC(C)CCc2ccc(OC)cc2)c1. The van der Waals surface area contributed by atoms with Gasteiger partial charge in [0.2, 0.25) is 10.0 Å². The predicted molar refractivity (Wildman–Crippen MR) is 110 cm³/mol. The molecule has 0 aliphatic carbocycles. The summed E-state index contributed by atoms with van der Waals surface area (Å²) in [6.45, 7) is 5.54. The third-order valence-corrected chi connectivity index (χ3v) is 5.65. The normalized spacial score (nSPS) is 12.2. The summed E-state index contributed by atoms with van der Waals surface area (Å²) in [6.07, 6.45) is 3.03. The van der Waals surface area contributed by atoms with Gasteiger partial charge in [0.05, 0.1) is 12.0 Å². The van der Waals surface area contributed by atoms with Gasteiger partial charge in [0, 0.05) is 18.2 Å². The zero-order valence-electron chi connectivity index (χ0n) is 16.1. The van der Waals surface area contributed by atoms with E-state index in [1.54, 1.807) is 19.2 Å². The number of sulfonamides is 1. The van der Waals surface area contributed by atoms with Crippen LogP contribution in [0.5, 0.6) is 5.75 Å². The molecule has 1 amide bonds. The number of benzene rings is 2. The van der Waals surface area contributed by atoms with Crippen LogP contribution < -0.4 is 14.8 Å². The largest absolute Gasteiger partial charge is 0.497 e. The average Bonchev–Trinajstić information content (AvgIpc) is 2.71. The van der Waals surface area contributed by atoms with Crippen LogP contribution in [-0.2, 0) is 16.4 Å². The summed E-state index contributed by atoms with van der Waals surface area (Å²) in [7, 11) is -2.04. The molecule has 0 saturated heterocycles. The second kappa shape index (κ2) is 10.1. The van der Waals surface area contributed by atoms with E-state index in [9.17, 15) is 13.2 Å². The van der Waals surface area contributed by atoms with Gasteiger partial charge >= 0.3 is 0 Å².